The summed E-state index contributed by atoms with van der Waals surface area (Å²) < 4.78 is 11.0. The van der Waals surface area contributed by atoms with Gasteiger partial charge in [0.25, 0.3) is 5.91 Å². The van der Waals surface area contributed by atoms with Crippen LogP contribution in [-0.2, 0) is 13.2 Å². The number of para-hydroxylation sites is 1. The van der Waals surface area contributed by atoms with E-state index in [0.717, 1.165) is 22.0 Å². The van der Waals surface area contributed by atoms with E-state index in [2.05, 4.69) is 10.3 Å². The van der Waals surface area contributed by atoms with Crippen molar-refractivity contribution in [2.75, 3.05) is 7.11 Å². The van der Waals surface area contributed by atoms with Crippen molar-refractivity contribution in [1.29, 1.82) is 0 Å². The summed E-state index contributed by atoms with van der Waals surface area (Å²) in [5, 5.41) is 5.83. The fourth-order valence-corrected chi connectivity index (χ4v) is 3.13. The molecule has 2 aromatic carbocycles. The lowest BCUT2D eigenvalue weighted by Crippen LogP contribution is -2.22. The molecule has 5 nitrogen and oxygen atoms in total. The summed E-state index contributed by atoms with van der Waals surface area (Å²) in [4.78, 5) is 16.7. The first-order chi connectivity index (χ1) is 12.7. The number of rotatable bonds is 7. The Bertz CT molecular complexity index is 875. The van der Waals surface area contributed by atoms with Gasteiger partial charge in [0.15, 0.2) is 0 Å². The maximum atomic E-state index is 12.3. The third-order valence-corrected chi connectivity index (χ3v) is 4.72. The fraction of sp³-hybridized carbons (Fsp3) is 0.200. The van der Waals surface area contributed by atoms with Gasteiger partial charge in [-0.1, -0.05) is 18.2 Å². The molecule has 1 amide bonds. The highest BCUT2D eigenvalue weighted by Crippen LogP contribution is 2.18. The smallest absolute Gasteiger partial charge is 0.251 e. The van der Waals surface area contributed by atoms with E-state index >= 15 is 0 Å². The first kappa shape index (κ1) is 17.9. The molecule has 0 saturated heterocycles. The number of ether oxygens (including phenoxy) is 2. The average Bonchev–Trinajstić information content (AvgIpc) is 3.10. The normalized spacial score (nSPS) is 10.4. The maximum absolute atomic E-state index is 12.3. The number of benzene rings is 2. The number of thiazole rings is 1. The van der Waals surface area contributed by atoms with Gasteiger partial charge < -0.3 is 14.8 Å². The van der Waals surface area contributed by atoms with Crippen molar-refractivity contribution in [3.63, 3.8) is 0 Å². The van der Waals surface area contributed by atoms with Crippen LogP contribution in [0.15, 0.2) is 53.9 Å². The molecule has 0 fully saturated rings. The lowest BCUT2D eigenvalue weighted by Gasteiger charge is -2.10. The molecule has 0 spiro atoms. The number of carbonyl (C=O) groups is 1. The number of methoxy groups -OCH3 is 1. The minimum atomic E-state index is -0.141. The number of aromatic nitrogens is 1. The standard InChI is InChI=1S/C20H20N2O3S/c1-14-13-26-19(22-14)12-25-17-9-7-15(8-10-17)20(23)21-11-16-5-3-4-6-18(16)24-2/h3-10,13H,11-12H2,1-2H3,(H,21,23). The molecule has 0 unspecified atom stereocenters. The van der Waals surface area contributed by atoms with Crippen LogP contribution in [0, 0.1) is 6.92 Å². The fourth-order valence-electron chi connectivity index (χ4n) is 2.44. The second kappa shape index (κ2) is 8.49. The van der Waals surface area contributed by atoms with Crippen molar-refractivity contribution in [3.8, 4) is 11.5 Å². The Morgan fingerprint density at radius 2 is 1.92 bits per heavy atom. The van der Waals surface area contributed by atoms with Crippen LogP contribution in [-0.4, -0.2) is 18.0 Å². The lowest BCUT2D eigenvalue weighted by atomic mass is 10.1. The first-order valence-corrected chi connectivity index (χ1v) is 9.07. The predicted octanol–water partition coefficient (Wildman–Crippen LogP) is 3.97. The summed E-state index contributed by atoms with van der Waals surface area (Å²) in [6.45, 7) is 2.79. The van der Waals surface area contributed by atoms with Gasteiger partial charge >= 0.3 is 0 Å². The highest BCUT2D eigenvalue weighted by Gasteiger charge is 2.08. The number of carbonyl (C=O) groups excluding carboxylic acids is 1. The van der Waals surface area contributed by atoms with E-state index < -0.39 is 0 Å². The SMILES string of the molecule is COc1ccccc1CNC(=O)c1ccc(OCc2nc(C)cs2)cc1. The molecule has 1 heterocycles. The molecule has 0 radical (unpaired) electrons. The van der Waals surface area contributed by atoms with Gasteiger partial charge in [-0.05, 0) is 37.3 Å². The molecule has 0 saturated carbocycles. The Labute approximate surface area is 156 Å². The Kier molecular flexibility index (Phi) is 5.86. The number of hydrogen-bond donors (Lipinski definition) is 1. The zero-order valence-corrected chi connectivity index (χ0v) is 15.5. The van der Waals surface area contributed by atoms with Crippen molar-refractivity contribution < 1.29 is 14.3 Å². The minimum Gasteiger partial charge on any atom is -0.496 e. The van der Waals surface area contributed by atoms with Crippen LogP contribution >= 0.6 is 11.3 Å². The largest absolute Gasteiger partial charge is 0.496 e. The topological polar surface area (TPSA) is 60.5 Å². The van der Waals surface area contributed by atoms with Crippen molar-refractivity contribution in [3.05, 3.63) is 75.7 Å². The Balaban J connectivity index is 1.55. The van der Waals surface area contributed by atoms with Crippen LogP contribution in [0.4, 0.5) is 0 Å². The third kappa shape index (κ3) is 4.61. The molecule has 0 aliphatic heterocycles. The molecule has 134 valence electrons. The van der Waals surface area contributed by atoms with E-state index in [-0.39, 0.29) is 5.91 Å². The molecule has 3 rings (SSSR count). The van der Waals surface area contributed by atoms with Crippen LogP contribution in [0.2, 0.25) is 0 Å². The second-order valence-electron chi connectivity index (χ2n) is 5.69. The van der Waals surface area contributed by atoms with E-state index in [1.54, 1.807) is 42.7 Å². The molecule has 6 heteroatoms. The van der Waals surface area contributed by atoms with Gasteiger partial charge in [-0.15, -0.1) is 11.3 Å². The van der Waals surface area contributed by atoms with E-state index in [4.69, 9.17) is 9.47 Å². The Morgan fingerprint density at radius 1 is 1.15 bits per heavy atom. The molecule has 1 N–H and O–H groups in total. The zero-order chi connectivity index (χ0) is 18.4. The van der Waals surface area contributed by atoms with Crippen LogP contribution in [0.25, 0.3) is 0 Å². The van der Waals surface area contributed by atoms with Gasteiger partial charge in [-0.3, -0.25) is 4.79 Å². The molecule has 0 aliphatic rings. The summed E-state index contributed by atoms with van der Waals surface area (Å²) >= 11 is 1.57. The third-order valence-electron chi connectivity index (χ3n) is 3.78. The van der Waals surface area contributed by atoms with E-state index in [1.165, 1.54) is 0 Å². The molecule has 1 aromatic heterocycles. The van der Waals surface area contributed by atoms with Gasteiger partial charge in [0.2, 0.25) is 0 Å². The van der Waals surface area contributed by atoms with Gasteiger partial charge in [0.1, 0.15) is 23.1 Å². The summed E-state index contributed by atoms with van der Waals surface area (Å²) in [5.41, 5.74) is 2.51. The molecule has 0 atom stereocenters. The molecular weight excluding hydrogens is 348 g/mol. The predicted molar refractivity (Wildman–Crippen MR) is 102 cm³/mol. The highest BCUT2D eigenvalue weighted by atomic mass is 32.1. The van der Waals surface area contributed by atoms with Gasteiger partial charge in [0.05, 0.1) is 7.11 Å². The van der Waals surface area contributed by atoms with E-state index in [0.29, 0.717) is 24.5 Å². The summed E-state index contributed by atoms with van der Waals surface area (Å²) in [6, 6.07) is 14.7. The number of nitrogens with zero attached hydrogens (tertiary/aromatic N) is 1. The van der Waals surface area contributed by atoms with Crippen molar-refractivity contribution >= 4 is 17.2 Å². The summed E-state index contributed by atoms with van der Waals surface area (Å²) in [6.07, 6.45) is 0. The summed E-state index contributed by atoms with van der Waals surface area (Å²) in [7, 11) is 1.62. The second-order valence-corrected chi connectivity index (χ2v) is 6.63. The summed E-state index contributed by atoms with van der Waals surface area (Å²) in [5.74, 6) is 1.33. The lowest BCUT2D eigenvalue weighted by molar-refractivity contribution is 0.0950. The number of amides is 1. The van der Waals surface area contributed by atoms with Crippen LogP contribution in [0.1, 0.15) is 26.6 Å². The molecule has 0 aliphatic carbocycles. The van der Waals surface area contributed by atoms with Gasteiger partial charge in [-0.25, -0.2) is 4.98 Å². The molecule has 26 heavy (non-hydrogen) atoms. The molecular formula is C20H20N2O3S. The molecule has 0 bridgehead atoms. The monoisotopic (exact) mass is 368 g/mol. The number of aryl methyl sites for hydroxylation is 1. The van der Waals surface area contributed by atoms with Crippen LogP contribution in [0.3, 0.4) is 0 Å². The highest BCUT2D eigenvalue weighted by molar-refractivity contribution is 7.09. The zero-order valence-electron chi connectivity index (χ0n) is 14.7. The van der Waals surface area contributed by atoms with Crippen molar-refractivity contribution in [2.24, 2.45) is 0 Å². The first-order valence-electron chi connectivity index (χ1n) is 8.19. The molecule has 3 aromatic rings. The van der Waals surface area contributed by atoms with Gasteiger partial charge in [0, 0.05) is 28.7 Å². The minimum absolute atomic E-state index is 0.141. The Hall–Kier alpha value is -2.86. The van der Waals surface area contributed by atoms with Gasteiger partial charge in [-0.2, -0.15) is 0 Å². The van der Waals surface area contributed by atoms with Crippen molar-refractivity contribution in [2.45, 2.75) is 20.1 Å². The quantitative estimate of drug-likeness (QED) is 0.685. The average molecular weight is 368 g/mol. The van der Waals surface area contributed by atoms with E-state index in [9.17, 15) is 4.79 Å². The Morgan fingerprint density at radius 3 is 2.62 bits per heavy atom. The van der Waals surface area contributed by atoms with Crippen LogP contribution < -0.4 is 14.8 Å². The number of hydrogen-bond acceptors (Lipinski definition) is 5. The maximum Gasteiger partial charge on any atom is 0.251 e. The van der Waals surface area contributed by atoms with E-state index in [1.807, 2.05) is 36.6 Å². The van der Waals surface area contributed by atoms with Crippen molar-refractivity contribution in [1.82, 2.24) is 10.3 Å². The number of nitrogens with one attached hydrogen (secondary N) is 1. The van der Waals surface area contributed by atoms with Crippen LogP contribution in [0.5, 0.6) is 11.5 Å².